The van der Waals surface area contributed by atoms with Gasteiger partial charge in [0.05, 0.1) is 6.04 Å². The van der Waals surface area contributed by atoms with Gasteiger partial charge < -0.3 is 14.5 Å². The van der Waals surface area contributed by atoms with Gasteiger partial charge in [-0.2, -0.15) is 11.8 Å². The van der Waals surface area contributed by atoms with Crippen molar-refractivity contribution in [3.8, 4) is 5.75 Å². The number of benzene rings is 2. The Hall–Kier alpha value is -2.54. The first-order valence-corrected chi connectivity index (χ1v) is 12.6. The molecule has 2 amide bonds. The van der Waals surface area contributed by atoms with Crippen LogP contribution in [0.1, 0.15) is 43.5 Å². The molecular formula is C26H31FN2O3S. The van der Waals surface area contributed by atoms with Crippen LogP contribution in [0.3, 0.4) is 0 Å². The van der Waals surface area contributed by atoms with Gasteiger partial charge in [0, 0.05) is 36.6 Å². The van der Waals surface area contributed by atoms with Crippen molar-refractivity contribution in [3.05, 3.63) is 65.0 Å². The lowest BCUT2D eigenvalue weighted by Gasteiger charge is -2.41. The van der Waals surface area contributed by atoms with E-state index in [1.807, 2.05) is 60.5 Å². The summed E-state index contributed by atoms with van der Waals surface area (Å²) in [6.45, 7) is 7.84. The molecule has 0 bridgehead atoms. The van der Waals surface area contributed by atoms with Crippen LogP contribution in [-0.2, 0) is 16.0 Å². The third-order valence-electron chi connectivity index (χ3n) is 6.16. The fourth-order valence-electron chi connectivity index (χ4n) is 4.39. The van der Waals surface area contributed by atoms with Crippen LogP contribution in [0.2, 0.25) is 0 Å². The number of nitrogens with zero attached hydrogens (tertiary/aromatic N) is 2. The van der Waals surface area contributed by atoms with Crippen molar-refractivity contribution in [2.45, 2.75) is 33.2 Å². The fourth-order valence-corrected chi connectivity index (χ4v) is 5.29. The van der Waals surface area contributed by atoms with E-state index in [2.05, 4.69) is 0 Å². The Morgan fingerprint density at radius 1 is 1.06 bits per heavy atom. The molecule has 2 aromatic rings. The van der Waals surface area contributed by atoms with Crippen molar-refractivity contribution in [2.75, 3.05) is 37.7 Å². The molecule has 2 aliphatic rings. The highest BCUT2D eigenvalue weighted by molar-refractivity contribution is 7.99. The number of thioether (sulfide) groups is 1. The van der Waals surface area contributed by atoms with Crippen LogP contribution >= 0.6 is 11.8 Å². The van der Waals surface area contributed by atoms with Crippen LogP contribution in [0, 0.1) is 11.2 Å². The molecule has 0 saturated carbocycles. The van der Waals surface area contributed by atoms with Crippen LogP contribution in [-0.4, -0.2) is 59.4 Å². The minimum absolute atomic E-state index is 0.00466. The normalized spacial score (nSPS) is 18.6. The molecule has 1 saturated heterocycles. The molecular weight excluding hydrogens is 439 g/mol. The fraction of sp³-hybridized carbons (Fsp3) is 0.462. The molecule has 0 aliphatic carbocycles. The first-order chi connectivity index (χ1) is 15.7. The van der Waals surface area contributed by atoms with Gasteiger partial charge in [-0.15, -0.1) is 0 Å². The molecule has 0 spiro atoms. The van der Waals surface area contributed by atoms with E-state index in [4.69, 9.17) is 4.74 Å². The molecule has 0 aromatic heterocycles. The molecule has 1 atom stereocenters. The summed E-state index contributed by atoms with van der Waals surface area (Å²) in [7, 11) is 0. The van der Waals surface area contributed by atoms with Gasteiger partial charge in [0.1, 0.15) is 11.6 Å². The zero-order valence-corrected chi connectivity index (χ0v) is 20.3. The summed E-state index contributed by atoms with van der Waals surface area (Å²) in [5, 5.41) is 0. The highest BCUT2D eigenvalue weighted by Gasteiger charge is 2.37. The van der Waals surface area contributed by atoms with Crippen molar-refractivity contribution in [2.24, 2.45) is 5.41 Å². The number of halogens is 1. The minimum Gasteiger partial charge on any atom is -0.484 e. The minimum atomic E-state index is -0.539. The maximum Gasteiger partial charge on any atom is 0.260 e. The second-order valence-corrected chi connectivity index (χ2v) is 10.8. The number of rotatable bonds is 4. The lowest BCUT2D eigenvalue weighted by molar-refractivity contribution is -0.141. The number of carbonyl (C=O) groups excluding carboxylic acids is 2. The van der Waals surface area contributed by atoms with E-state index >= 15 is 0 Å². The molecule has 2 aromatic carbocycles. The second kappa shape index (κ2) is 9.75. The highest BCUT2D eigenvalue weighted by Crippen LogP contribution is 2.39. The topological polar surface area (TPSA) is 49.9 Å². The molecule has 5 nitrogen and oxygen atoms in total. The van der Waals surface area contributed by atoms with E-state index in [-0.39, 0.29) is 30.3 Å². The summed E-state index contributed by atoms with van der Waals surface area (Å²) in [5.74, 6) is 2.25. The lowest BCUT2D eigenvalue weighted by Crippen LogP contribution is -2.45. The molecule has 4 rings (SSSR count). The van der Waals surface area contributed by atoms with E-state index in [1.165, 1.54) is 12.1 Å². The summed E-state index contributed by atoms with van der Waals surface area (Å²) in [5.41, 5.74) is 2.41. The quantitative estimate of drug-likeness (QED) is 0.669. The van der Waals surface area contributed by atoms with Gasteiger partial charge in [-0.1, -0.05) is 39.0 Å². The molecule has 176 valence electrons. The predicted molar refractivity (Wildman–Crippen MR) is 129 cm³/mol. The Bertz CT molecular complexity index is 1010. The van der Waals surface area contributed by atoms with E-state index in [1.54, 1.807) is 12.1 Å². The van der Waals surface area contributed by atoms with Gasteiger partial charge >= 0.3 is 0 Å². The van der Waals surface area contributed by atoms with Crippen molar-refractivity contribution in [1.29, 1.82) is 0 Å². The first-order valence-electron chi connectivity index (χ1n) is 11.4. The van der Waals surface area contributed by atoms with Gasteiger partial charge in [-0.25, -0.2) is 4.39 Å². The van der Waals surface area contributed by atoms with Crippen molar-refractivity contribution in [3.63, 3.8) is 0 Å². The molecule has 1 fully saturated rings. The number of hydrogen-bond acceptors (Lipinski definition) is 4. The van der Waals surface area contributed by atoms with Crippen molar-refractivity contribution >= 4 is 23.6 Å². The van der Waals surface area contributed by atoms with Gasteiger partial charge in [0.15, 0.2) is 6.61 Å². The van der Waals surface area contributed by atoms with Gasteiger partial charge in [-0.05, 0) is 47.4 Å². The molecule has 7 heteroatoms. The van der Waals surface area contributed by atoms with Crippen LogP contribution in [0.25, 0.3) is 0 Å². The van der Waals surface area contributed by atoms with Gasteiger partial charge in [-0.3, -0.25) is 9.59 Å². The molecule has 2 heterocycles. The summed E-state index contributed by atoms with van der Waals surface area (Å²) in [6.07, 6.45) is 0.736. The predicted octanol–water partition coefficient (Wildman–Crippen LogP) is 4.30. The number of carbonyl (C=O) groups is 2. The smallest absolute Gasteiger partial charge is 0.260 e. The van der Waals surface area contributed by atoms with Crippen LogP contribution in [0.15, 0.2) is 42.5 Å². The Morgan fingerprint density at radius 2 is 1.76 bits per heavy atom. The molecule has 0 radical (unpaired) electrons. The molecule has 1 unspecified atom stereocenters. The Kier molecular flexibility index (Phi) is 6.98. The van der Waals surface area contributed by atoms with Crippen LogP contribution < -0.4 is 4.74 Å². The second-order valence-electron chi connectivity index (χ2n) is 9.60. The van der Waals surface area contributed by atoms with E-state index in [9.17, 15) is 14.0 Å². The number of hydrogen-bond donors (Lipinski definition) is 0. The average Bonchev–Trinajstić information content (AvgIpc) is 2.81. The number of amides is 2. The monoisotopic (exact) mass is 470 g/mol. The Morgan fingerprint density at radius 3 is 2.42 bits per heavy atom. The van der Waals surface area contributed by atoms with Crippen LogP contribution in [0.4, 0.5) is 4.39 Å². The largest absolute Gasteiger partial charge is 0.484 e. The van der Waals surface area contributed by atoms with Gasteiger partial charge in [0.2, 0.25) is 5.91 Å². The lowest BCUT2D eigenvalue weighted by atomic mass is 9.85. The highest BCUT2D eigenvalue weighted by atomic mass is 32.2. The number of ether oxygens (including phenoxy) is 1. The van der Waals surface area contributed by atoms with Crippen LogP contribution in [0.5, 0.6) is 5.75 Å². The van der Waals surface area contributed by atoms with E-state index < -0.39 is 5.41 Å². The van der Waals surface area contributed by atoms with Gasteiger partial charge in [0.25, 0.3) is 5.91 Å². The molecule has 2 aliphatic heterocycles. The summed E-state index contributed by atoms with van der Waals surface area (Å²) < 4.78 is 19.5. The maximum absolute atomic E-state index is 13.7. The van der Waals surface area contributed by atoms with Crippen molar-refractivity contribution < 1.29 is 18.7 Å². The standard InChI is InChI=1S/C26H31FN2O3S/c1-26(2,3)25(31)29-11-10-18-6-9-21(32-17-23(30)28-12-14-33-15-13-28)16-22(18)24(29)19-4-7-20(27)8-5-19/h4-9,16,24H,10-15,17H2,1-3H3. The SMILES string of the molecule is CC(C)(C)C(=O)N1CCc2ccc(OCC(=O)N3CCSCC3)cc2C1c1ccc(F)cc1. The molecule has 33 heavy (non-hydrogen) atoms. The summed E-state index contributed by atoms with van der Waals surface area (Å²) >= 11 is 1.86. The molecule has 0 N–H and O–H groups in total. The average molecular weight is 471 g/mol. The van der Waals surface area contributed by atoms with E-state index in [0.717, 1.165) is 47.7 Å². The first kappa shape index (κ1) is 23.6. The van der Waals surface area contributed by atoms with Crippen molar-refractivity contribution in [1.82, 2.24) is 9.80 Å². The Labute approximate surface area is 199 Å². The maximum atomic E-state index is 13.7. The zero-order valence-electron chi connectivity index (χ0n) is 19.5. The third kappa shape index (κ3) is 5.35. The number of fused-ring (bicyclic) bond motifs is 1. The third-order valence-corrected chi connectivity index (χ3v) is 7.10. The Balaban J connectivity index is 1.62. The zero-order chi connectivity index (χ0) is 23.6. The summed E-state index contributed by atoms with van der Waals surface area (Å²) in [4.78, 5) is 29.6. The van der Waals surface area contributed by atoms with E-state index in [0.29, 0.717) is 12.3 Å². The summed E-state index contributed by atoms with van der Waals surface area (Å²) in [6, 6.07) is 11.8.